The Morgan fingerprint density at radius 1 is 1.08 bits per heavy atom. The molecule has 36 heavy (non-hydrogen) atoms. The first-order chi connectivity index (χ1) is 17.4. The zero-order valence-electron chi connectivity index (χ0n) is 20.2. The lowest BCUT2D eigenvalue weighted by Gasteiger charge is -2.12. The summed E-state index contributed by atoms with van der Waals surface area (Å²) >= 11 is 12.3. The quantitative estimate of drug-likeness (QED) is 0.197. The van der Waals surface area contributed by atoms with Gasteiger partial charge in [-0.3, -0.25) is 13.9 Å². The van der Waals surface area contributed by atoms with E-state index in [0.29, 0.717) is 70.7 Å². The molecule has 1 aromatic carbocycles. The van der Waals surface area contributed by atoms with E-state index in [9.17, 15) is 9.59 Å². The number of aromatic nitrogens is 5. The third-order valence-electron chi connectivity index (χ3n) is 6.11. The van der Waals surface area contributed by atoms with Crippen molar-refractivity contribution < 1.29 is 4.52 Å². The zero-order chi connectivity index (χ0) is 25.7. The van der Waals surface area contributed by atoms with Gasteiger partial charge in [-0.05, 0) is 37.0 Å². The van der Waals surface area contributed by atoms with Gasteiger partial charge in [0, 0.05) is 36.5 Å². The summed E-state index contributed by atoms with van der Waals surface area (Å²) in [5.74, 6) is 1.04. The van der Waals surface area contributed by atoms with E-state index < -0.39 is 0 Å². The van der Waals surface area contributed by atoms with Crippen LogP contribution >= 0.6 is 23.2 Å². The minimum absolute atomic E-state index is 0.229. The Kier molecular flexibility index (Phi) is 8.48. The van der Waals surface area contributed by atoms with Crippen LogP contribution in [0.2, 0.25) is 10.2 Å². The van der Waals surface area contributed by atoms with E-state index in [1.165, 1.54) is 4.57 Å². The Labute approximate surface area is 218 Å². The fourth-order valence-corrected chi connectivity index (χ4v) is 4.67. The highest BCUT2D eigenvalue weighted by Crippen LogP contribution is 2.24. The van der Waals surface area contributed by atoms with Gasteiger partial charge in [-0.1, -0.05) is 66.3 Å². The van der Waals surface area contributed by atoms with Crippen LogP contribution in [-0.4, -0.2) is 24.3 Å². The second kappa shape index (κ2) is 11.8. The van der Waals surface area contributed by atoms with Gasteiger partial charge in [0.1, 0.15) is 10.8 Å². The van der Waals surface area contributed by atoms with E-state index in [0.717, 1.165) is 24.8 Å². The van der Waals surface area contributed by atoms with Crippen LogP contribution in [0.5, 0.6) is 0 Å². The maximum absolute atomic E-state index is 13.4. The van der Waals surface area contributed by atoms with Crippen molar-refractivity contribution in [1.29, 1.82) is 0 Å². The lowest BCUT2D eigenvalue weighted by Crippen LogP contribution is -2.40. The molecule has 0 aliphatic rings. The van der Waals surface area contributed by atoms with Crippen molar-refractivity contribution >= 4 is 34.2 Å². The predicted octanol–water partition coefficient (Wildman–Crippen LogP) is 5.32. The van der Waals surface area contributed by atoms with E-state index >= 15 is 0 Å². The van der Waals surface area contributed by atoms with E-state index in [1.54, 1.807) is 10.6 Å². The lowest BCUT2D eigenvalue weighted by atomic mass is 10.1. The number of hydrogen-bond donors (Lipinski definition) is 1. The summed E-state index contributed by atoms with van der Waals surface area (Å²) in [6, 6.07) is 7.47. The van der Waals surface area contributed by atoms with Gasteiger partial charge in [-0.2, -0.15) is 4.98 Å². The topological polar surface area (TPSA) is 98.7 Å². The average Bonchev–Trinajstić information content (AvgIpc) is 3.44. The van der Waals surface area contributed by atoms with Gasteiger partial charge in [0.25, 0.3) is 5.56 Å². The summed E-state index contributed by atoms with van der Waals surface area (Å²) in [6.07, 6.45) is 6.43. The van der Waals surface area contributed by atoms with E-state index in [-0.39, 0.29) is 17.8 Å². The minimum Gasteiger partial charge on any atom is -0.339 e. The second-order valence-electron chi connectivity index (χ2n) is 8.74. The molecule has 4 rings (SSSR count). The van der Waals surface area contributed by atoms with Crippen LogP contribution in [0.1, 0.15) is 55.4 Å². The molecular formula is C26H29Cl2N5O3. The molecule has 0 unspecified atom stereocenters. The van der Waals surface area contributed by atoms with Gasteiger partial charge in [-0.15, -0.1) is 6.58 Å². The molecule has 0 bridgehead atoms. The van der Waals surface area contributed by atoms with Crippen molar-refractivity contribution in [3.8, 4) is 0 Å². The molecule has 0 saturated carbocycles. The fraction of sp³-hybridized carbons (Fsp3) is 0.385. The van der Waals surface area contributed by atoms with Gasteiger partial charge in [-0.25, -0.2) is 4.79 Å². The number of hydrogen-bond acceptors (Lipinski definition) is 5. The molecule has 4 aromatic rings. The van der Waals surface area contributed by atoms with Crippen molar-refractivity contribution in [2.45, 2.75) is 65.0 Å². The number of nitrogens with one attached hydrogen (secondary N) is 1. The highest BCUT2D eigenvalue weighted by atomic mass is 35.5. The summed E-state index contributed by atoms with van der Waals surface area (Å²) < 4.78 is 8.30. The number of aromatic amines is 1. The van der Waals surface area contributed by atoms with Crippen molar-refractivity contribution in [3.63, 3.8) is 0 Å². The number of H-pyrrole nitrogens is 1. The summed E-state index contributed by atoms with van der Waals surface area (Å²) in [6.45, 7) is 6.61. The molecule has 8 nitrogen and oxygen atoms in total. The fourth-order valence-electron chi connectivity index (χ4n) is 4.29. The number of unbranched alkanes of at least 4 members (excludes halogenated alkanes) is 2. The summed E-state index contributed by atoms with van der Waals surface area (Å²) in [4.78, 5) is 34.2. The monoisotopic (exact) mass is 529 g/mol. The van der Waals surface area contributed by atoms with Crippen molar-refractivity contribution in [3.05, 3.63) is 90.8 Å². The number of allylic oxidation sites excluding steroid dienone is 1. The molecular weight excluding hydrogens is 501 g/mol. The Morgan fingerprint density at radius 2 is 1.83 bits per heavy atom. The molecule has 0 aliphatic heterocycles. The van der Waals surface area contributed by atoms with Crippen LogP contribution in [0, 0.1) is 0 Å². The Morgan fingerprint density at radius 3 is 2.56 bits per heavy atom. The van der Waals surface area contributed by atoms with E-state index in [4.69, 9.17) is 27.7 Å². The first kappa shape index (κ1) is 26.0. The molecule has 190 valence electrons. The Hall–Kier alpha value is -3.10. The molecule has 0 radical (unpaired) electrons. The number of nitrogens with zero attached hydrogens (tertiary/aromatic N) is 4. The molecule has 0 atom stereocenters. The lowest BCUT2D eigenvalue weighted by molar-refractivity contribution is 0.367. The molecule has 0 spiro atoms. The summed E-state index contributed by atoms with van der Waals surface area (Å²) in [5.41, 5.74) is 1.46. The number of aryl methyl sites for hydroxylation is 2. The number of rotatable bonds is 12. The van der Waals surface area contributed by atoms with Gasteiger partial charge in [0.05, 0.1) is 5.39 Å². The molecule has 1 N–H and O–H groups in total. The smallest absolute Gasteiger partial charge is 0.332 e. The summed E-state index contributed by atoms with van der Waals surface area (Å²) in [5, 5.41) is 5.52. The Bertz CT molecular complexity index is 1460. The molecule has 3 aromatic heterocycles. The van der Waals surface area contributed by atoms with Crippen molar-refractivity contribution in [1.82, 2.24) is 24.3 Å². The average molecular weight is 530 g/mol. The second-order valence-corrected chi connectivity index (χ2v) is 9.56. The molecule has 0 aliphatic carbocycles. The van der Waals surface area contributed by atoms with Crippen LogP contribution in [0.4, 0.5) is 0 Å². The third kappa shape index (κ3) is 5.65. The van der Waals surface area contributed by atoms with Crippen molar-refractivity contribution in [2.24, 2.45) is 0 Å². The third-order valence-corrected chi connectivity index (χ3v) is 6.69. The molecule has 10 heteroatoms. The number of benzene rings is 1. The number of fused-ring (bicyclic) bond motifs is 1. The van der Waals surface area contributed by atoms with Gasteiger partial charge >= 0.3 is 5.69 Å². The molecule has 0 saturated heterocycles. The van der Waals surface area contributed by atoms with Gasteiger partial charge in [0.2, 0.25) is 5.89 Å². The first-order valence-electron chi connectivity index (χ1n) is 12.1. The molecule has 0 amide bonds. The van der Waals surface area contributed by atoms with E-state index in [2.05, 4.69) is 28.6 Å². The van der Waals surface area contributed by atoms with Crippen LogP contribution in [0.15, 0.2) is 51.0 Å². The maximum atomic E-state index is 13.4. The molecule has 3 heterocycles. The van der Waals surface area contributed by atoms with Crippen LogP contribution in [-0.2, 0) is 32.4 Å². The van der Waals surface area contributed by atoms with Crippen LogP contribution in [0.3, 0.4) is 0 Å². The largest absolute Gasteiger partial charge is 0.339 e. The van der Waals surface area contributed by atoms with E-state index in [1.807, 2.05) is 24.3 Å². The maximum Gasteiger partial charge on any atom is 0.332 e. The highest BCUT2D eigenvalue weighted by Gasteiger charge is 2.20. The predicted molar refractivity (Wildman–Crippen MR) is 142 cm³/mol. The SMILES string of the molecule is C=CCc1c(Cl)[nH]c2c1c(=O)n(CCCc1nc(Cc3ccc(Cl)cc3)no1)c(=O)n2CCCCC. The minimum atomic E-state index is -0.351. The highest BCUT2D eigenvalue weighted by molar-refractivity contribution is 6.31. The summed E-state index contributed by atoms with van der Waals surface area (Å²) in [7, 11) is 0. The van der Waals surface area contributed by atoms with Crippen LogP contribution < -0.4 is 11.2 Å². The zero-order valence-corrected chi connectivity index (χ0v) is 21.7. The number of halogens is 2. The standard InChI is InChI=1S/C26H29Cl2N5O3/c1-3-5-6-14-32-24-22(19(8-4-2)23(28)30-24)25(34)33(26(32)35)15-7-9-21-29-20(31-36-21)16-17-10-12-18(27)13-11-17/h4,10-13,30H,2-3,5-9,14-16H2,1H3. The Balaban J connectivity index is 1.55. The van der Waals surface area contributed by atoms with Crippen LogP contribution in [0.25, 0.3) is 11.0 Å². The molecule has 0 fully saturated rings. The normalized spacial score (nSPS) is 11.4. The van der Waals surface area contributed by atoms with Crippen molar-refractivity contribution in [2.75, 3.05) is 0 Å². The first-order valence-corrected chi connectivity index (χ1v) is 12.9. The van der Waals surface area contributed by atoms with Gasteiger partial charge in [0.15, 0.2) is 5.82 Å². The van der Waals surface area contributed by atoms with Gasteiger partial charge < -0.3 is 9.51 Å².